The molecule has 1 aliphatic rings. The normalized spacial score (nSPS) is 14.8. The van der Waals surface area contributed by atoms with Gasteiger partial charge < -0.3 is 10.0 Å². The molecule has 0 aromatic carbocycles. The zero-order chi connectivity index (χ0) is 18.3. The van der Waals surface area contributed by atoms with Gasteiger partial charge in [0.15, 0.2) is 0 Å². The van der Waals surface area contributed by atoms with Crippen molar-refractivity contribution in [1.82, 2.24) is 14.0 Å². The van der Waals surface area contributed by atoms with Crippen LogP contribution in [0.3, 0.4) is 0 Å². The van der Waals surface area contributed by atoms with Crippen LogP contribution in [-0.2, 0) is 20.2 Å². The molecule has 0 spiro atoms. The summed E-state index contributed by atoms with van der Waals surface area (Å²) in [7, 11) is 1.43. The van der Waals surface area contributed by atoms with E-state index in [9.17, 15) is 19.5 Å². The van der Waals surface area contributed by atoms with Crippen molar-refractivity contribution in [2.75, 3.05) is 13.1 Å². The van der Waals surface area contributed by atoms with Gasteiger partial charge in [-0.3, -0.25) is 18.7 Å². The van der Waals surface area contributed by atoms with Crippen LogP contribution < -0.4 is 11.2 Å². The number of aromatic nitrogens is 2. The first-order valence-corrected chi connectivity index (χ1v) is 9.33. The lowest BCUT2D eigenvalue weighted by molar-refractivity contribution is 0.0792. The third-order valence-corrected chi connectivity index (χ3v) is 5.74. The third-order valence-electron chi connectivity index (χ3n) is 4.54. The highest BCUT2D eigenvalue weighted by molar-refractivity contribution is 7.19. The van der Waals surface area contributed by atoms with Gasteiger partial charge in [-0.2, -0.15) is 0 Å². The van der Waals surface area contributed by atoms with Gasteiger partial charge in [0.1, 0.15) is 4.83 Å². The largest absolute Gasteiger partial charge is 0.391 e. The fourth-order valence-electron chi connectivity index (χ4n) is 3.32. The van der Waals surface area contributed by atoms with Gasteiger partial charge in [0.05, 0.1) is 17.6 Å². The molecule has 2 aromatic heterocycles. The minimum absolute atomic E-state index is 0.204. The van der Waals surface area contributed by atoms with Crippen molar-refractivity contribution in [1.29, 1.82) is 0 Å². The number of carbonyl (C=O) groups is 1. The highest BCUT2D eigenvalue weighted by atomic mass is 32.1. The monoisotopic (exact) mass is 365 g/mol. The summed E-state index contributed by atoms with van der Waals surface area (Å²) in [6.07, 6.45) is 1.89. The molecule has 8 heteroatoms. The summed E-state index contributed by atoms with van der Waals surface area (Å²) in [6.45, 7) is 5.42. The molecule has 25 heavy (non-hydrogen) atoms. The van der Waals surface area contributed by atoms with Crippen LogP contribution in [0.15, 0.2) is 9.59 Å². The second-order valence-corrected chi connectivity index (χ2v) is 7.97. The Bertz CT molecular complexity index is 932. The van der Waals surface area contributed by atoms with Crippen molar-refractivity contribution in [2.24, 2.45) is 13.0 Å². The molecule has 3 heterocycles. The SMILES string of the molecule is CC(C)Cn1c(=O)n(C)c(=O)c2c(C(=O)N3CCCC3)c(CO)sc21. The highest BCUT2D eigenvalue weighted by Gasteiger charge is 2.29. The number of rotatable bonds is 4. The van der Waals surface area contributed by atoms with Gasteiger partial charge in [-0.05, 0) is 18.8 Å². The molecule has 7 nitrogen and oxygen atoms in total. The average molecular weight is 365 g/mol. The van der Waals surface area contributed by atoms with E-state index in [0.717, 1.165) is 17.4 Å². The summed E-state index contributed by atoms with van der Waals surface area (Å²) in [4.78, 5) is 40.9. The van der Waals surface area contributed by atoms with Gasteiger partial charge in [-0.1, -0.05) is 13.8 Å². The number of hydrogen-bond acceptors (Lipinski definition) is 5. The topological polar surface area (TPSA) is 84.5 Å². The van der Waals surface area contributed by atoms with Crippen LogP contribution in [0.4, 0.5) is 0 Å². The van der Waals surface area contributed by atoms with E-state index in [-0.39, 0.29) is 29.4 Å². The zero-order valence-corrected chi connectivity index (χ0v) is 15.6. The lowest BCUT2D eigenvalue weighted by Crippen LogP contribution is -2.39. The standard InChI is InChI=1S/C17H23N3O4S/c1-10(2)8-20-16-13(14(22)18(3)17(20)24)12(11(9-21)25-16)15(23)19-6-4-5-7-19/h10,21H,4-9H2,1-3H3. The van der Waals surface area contributed by atoms with Crippen molar-refractivity contribution in [3.63, 3.8) is 0 Å². The van der Waals surface area contributed by atoms with Crippen molar-refractivity contribution in [3.05, 3.63) is 31.3 Å². The number of hydrogen-bond donors (Lipinski definition) is 1. The smallest absolute Gasteiger partial charge is 0.331 e. The first-order chi connectivity index (χ1) is 11.9. The van der Waals surface area contributed by atoms with Crippen LogP contribution in [0.2, 0.25) is 0 Å². The van der Waals surface area contributed by atoms with Gasteiger partial charge in [-0.25, -0.2) is 4.79 Å². The predicted molar refractivity (Wildman–Crippen MR) is 97.2 cm³/mol. The van der Waals surface area contributed by atoms with Crippen LogP contribution in [0.1, 0.15) is 41.9 Å². The molecule has 1 N–H and O–H groups in total. The Morgan fingerprint density at radius 3 is 2.44 bits per heavy atom. The lowest BCUT2D eigenvalue weighted by Gasteiger charge is -2.16. The molecule has 0 saturated carbocycles. The van der Waals surface area contributed by atoms with E-state index in [1.165, 1.54) is 18.4 Å². The first kappa shape index (κ1) is 17.9. The molecular formula is C17H23N3O4S. The molecule has 0 radical (unpaired) electrons. The van der Waals surface area contributed by atoms with Gasteiger partial charge in [0.2, 0.25) is 0 Å². The Morgan fingerprint density at radius 1 is 1.24 bits per heavy atom. The molecule has 2 aromatic rings. The predicted octanol–water partition coefficient (Wildman–Crippen LogP) is 1.15. The third kappa shape index (κ3) is 2.93. The Balaban J connectivity index is 2.33. The van der Waals surface area contributed by atoms with Crippen molar-refractivity contribution < 1.29 is 9.90 Å². The number of aliphatic hydroxyl groups excluding tert-OH is 1. The molecule has 136 valence electrons. The van der Waals surface area contributed by atoms with Crippen LogP contribution in [-0.4, -0.2) is 38.1 Å². The Hall–Kier alpha value is -1.93. The quantitative estimate of drug-likeness (QED) is 0.881. The molecular weight excluding hydrogens is 342 g/mol. The molecule has 0 unspecified atom stereocenters. The second-order valence-electron chi connectivity index (χ2n) is 6.89. The average Bonchev–Trinajstić information content (AvgIpc) is 3.23. The number of thiophene rings is 1. The fourth-order valence-corrected chi connectivity index (χ4v) is 4.46. The Labute approximate surface area is 149 Å². The van der Waals surface area contributed by atoms with Crippen molar-refractivity contribution in [3.8, 4) is 0 Å². The molecule has 0 bridgehead atoms. The van der Waals surface area contributed by atoms with E-state index in [0.29, 0.717) is 29.3 Å². The van der Waals surface area contributed by atoms with E-state index >= 15 is 0 Å². The van der Waals surface area contributed by atoms with Crippen molar-refractivity contribution >= 4 is 27.5 Å². The summed E-state index contributed by atoms with van der Waals surface area (Å²) >= 11 is 1.17. The van der Waals surface area contributed by atoms with E-state index in [4.69, 9.17) is 0 Å². The van der Waals surface area contributed by atoms with Crippen molar-refractivity contribution in [2.45, 2.75) is 39.8 Å². The summed E-state index contributed by atoms with van der Waals surface area (Å²) in [5.74, 6) is -0.0181. The van der Waals surface area contributed by atoms with Crippen LogP contribution in [0.5, 0.6) is 0 Å². The van der Waals surface area contributed by atoms with E-state index < -0.39 is 11.2 Å². The number of nitrogens with zero attached hydrogens (tertiary/aromatic N) is 3. The van der Waals surface area contributed by atoms with Crippen LogP contribution in [0, 0.1) is 5.92 Å². The zero-order valence-electron chi connectivity index (χ0n) is 14.7. The van der Waals surface area contributed by atoms with Crippen LogP contribution >= 0.6 is 11.3 Å². The van der Waals surface area contributed by atoms with Gasteiger partial charge in [0.25, 0.3) is 11.5 Å². The number of aliphatic hydroxyl groups is 1. The van der Waals surface area contributed by atoms with E-state index in [1.807, 2.05) is 13.8 Å². The summed E-state index contributed by atoms with van der Waals surface area (Å²) < 4.78 is 2.60. The molecule has 0 aliphatic carbocycles. The van der Waals surface area contributed by atoms with E-state index in [2.05, 4.69) is 0 Å². The minimum Gasteiger partial charge on any atom is -0.391 e. The lowest BCUT2D eigenvalue weighted by atomic mass is 10.1. The molecule has 3 rings (SSSR count). The maximum atomic E-state index is 13.0. The maximum Gasteiger partial charge on any atom is 0.331 e. The highest BCUT2D eigenvalue weighted by Crippen LogP contribution is 2.31. The molecule has 0 atom stereocenters. The van der Waals surface area contributed by atoms with Gasteiger partial charge in [-0.15, -0.1) is 11.3 Å². The van der Waals surface area contributed by atoms with Crippen LogP contribution in [0.25, 0.3) is 10.2 Å². The Morgan fingerprint density at radius 2 is 1.88 bits per heavy atom. The second kappa shape index (κ2) is 6.76. The summed E-state index contributed by atoms with van der Waals surface area (Å²) in [5.41, 5.74) is -0.599. The van der Waals surface area contributed by atoms with E-state index in [1.54, 1.807) is 9.47 Å². The van der Waals surface area contributed by atoms with Gasteiger partial charge in [0, 0.05) is 31.6 Å². The number of amides is 1. The minimum atomic E-state index is -0.474. The molecule has 1 saturated heterocycles. The fraction of sp³-hybridized carbons (Fsp3) is 0.588. The summed E-state index contributed by atoms with van der Waals surface area (Å²) in [6, 6.07) is 0. The molecule has 1 amide bonds. The maximum absolute atomic E-state index is 13.0. The molecule has 1 aliphatic heterocycles. The number of likely N-dealkylation sites (tertiary alicyclic amines) is 1. The van der Waals surface area contributed by atoms with Gasteiger partial charge >= 0.3 is 5.69 Å². The molecule has 1 fully saturated rings. The Kier molecular flexibility index (Phi) is 4.83. The number of fused-ring (bicyclic) bond motifs is 1. The first-order valence-electron chi connectivity index (χ1n) is 8.52. The summed E-state index contributed by atoms with van der Waals surface area (Å²) in [5, 5.41) is 10.0. The number of carbonyl (C=O) groups excluding carboxylic acids is 1.